The predicted molar refractivity (Wildman–Crippen MR) is 90.6 cm³/mol. The lowest BCUT2D eigenvalue weighted by Crippen LogP contribution is -2.13. The summed E-state index contributed by atoms with van der Waals surface area (Å²) in [5.74, 6) is 0. The van der Waals surface area contributed by atoms with Gasteiger partial charge in [0.1, 0.15) is 0 Å². The van der Waals surface area contributed by atoms with E-state index in [2.05, 4.69) is 9.71 Å². The standard InChI is InChI=1S/C16H14ClN3O2S/c1-12-2-5-14(6-3-12)23(21,22)19-13-4-7-16(15(17)10-13)20-9-8-18-11-20/h2-11,19H,1H3. The number of anilines is 1. The second kappa shape index (κ2) is 6.06. The second-order valence-electron chi connectivity index (χ2n) is 5.05. The first-order valence-corrected chi connectivity index (χ1v) is 8.69. The van der Waals surface area contributed by atoms with E-state index in [0.29, 0.717) is 10.7 Å². The van der Waals surface area contributed by atoms with Crippen LogP contribution in [0.15, 0.2) is 66.1 Å². The maximum absolute atomic E-state index is 12.4. The maximum Gasteiger partial charge on any atom is 0.261 e. The highest BCUT2D eigenvalue weighted by Gasteiger charge is 2.14. The van der Waals surface area contributed by atoms with Crippen LogP contribution in [0.4, 0.5) is 5.69 Å². The number of sulfonamides is 1. The quantitative estimate of drug-likeness (QED) is 0.783. The summed E-state index contributed by atoms with van der Waals surface area (Å²) >= 11 is 6.23. The van der Waals surface area contributed by atoms with Crippen molar-refractivity contribution in [1.82, 2.24) is 9.55 Å². The molecule has 0 aliphatic carbocycles. The van der Waals surface area contributed by atoms with E-state index in [0.717, 1.165) is 11.3 Å². The molecule has 1 aromatic heterocycles. The van der Waals surface area contributed by atoms with Gasteiger partial charge >= 0.3 is 0 Å². The lowest BCUT2D eigenvalue weighted by Gasteiger charge is -2.11. The average molecular weight is 348 g/mol. The van der Waals surface area contributed by atoms with Gasteiger partial charge in [0.25, 0.3) is 10.0 Å². The highest BCUT2D eigenvalue weighted by Crippen LogP contribution is 2.26. The third-order valence-electron chi connectivity index (χ3n) is 3.31. The summed E-state index contributed by atoms with van der Waals surface area (Å²) in [5.41, 5.74) is 2.12. The van der Waals surface area contributed by atoms with Crippen LogP contribution < -0.4 is 4.72 Å². The first-order valence-electron chi connectivity index (χ1n) is 6.83. The van der Waals surface area contributed by atoms with Gasteiger partial charge in [-0.3, -0.25) is 4.72 Å². The Morgan fingerprint density at radius 2 is 1.87 bits per heavy atom. The zero-order valence-electron chi connectivity index (χ0n) is 12.3. The molecule has 7 heteroatoms. The molecule has 0 fully saturated rings. The van der Waals surface area contributed by atoms with Crippen LogP contribution in [0.25, 0.3) is 5.69 Å². The fourth-order valence-electron chi connectivity index (χ4n) is 2.11. The molecule has 1 heterocycles. The molecule has 0 radical (unpaired) electrons. The van der Waals surface area contributed by atoms with Gasteiger partial charge in [-0.05, 0) is 37.3 Å². The lowest BCUT2D eigenvalue weighted by atomic mass is 10.2. The predicted octanol–water partition coefficient (Wildman–Crippen LogP) is 3.63. The monoisotopic (exact) mass is 347 g/mol. The van der Waals surface area contributed by atoms with Crippen LogP contribution in [-0.2, 0) is 10.0 Å². The van der Waals surface area contributed by atoms with Crippen LogP contribution in [0.3, 0.4) is 0 Å². The van der Waals surface area contributed by atoms with Crippen molar-refractivity contribution in [3.05, 3.63) is 71.8 Å². The van der Waals surface area contributed by atoms with Gasteiger partial charge < -0.3 is 4.57 Å². The van der Waals surface area contributed by atoms with Gasteiger partial charge in [0.05, 0.1) is 27.6 Å². The Kier molecular flexibility index (Phi) is 4.11. The molecule has 0 unspecified atom stereocenters. The molecule has 3 aromatic rings. The van der Waals surface area contributed by atoms with Gasteiger partial charge in [0, 0.05) is 12.4 Å². The molecule has 0 spiro atoms. The average Bonchev–Trinajstić information content (AvgIpc) is 3.01. The number of nitrogens with zero attached hydrogens (tertiary/aromatic N) is 2. The number of aromatic nitrogens is 2. The molecular weight excluding hydrogens is 334 g/mol. The highest BCUT2D eigenvalue weighted by atomic mass is 35.5. The third-order valence-corrected chi connectivity index (χ3v) is 5.01. The Bertz CT molecular complexity index is 920. The summed E-state index contributed by atoms with van der Waals surface area (Å²) in [4.78, 5) is 4.17. The molecule has 0 bridgehead atoms. The largest absolute Gasteiger partial charge is 0.305 e. The second-order valence-corrected chi connectivity index (χ2v) is 7.14. The topological polar surface area (TPSA) is 64.0 Å². The van der Waals surface area contributed by atoms with Gasteiger partial charge in [-0.25, -0.2) is 13.4 Å². The molecule has 0 amide bonds. The van der Waals surface area contributed by atoms with Crippen LogP contribution >= 0.6 is 11.6 Å². The van der Waals surface area contributed by atoms with E-state index in [-0.39, 0.29) is 4.90 Å². The molecule has 23 heavy (non-hydrogen) atoms. The SMILES string of the molecule is Cc1ccc(S(=O)(=O)Nc2ccc(-n3ccnc3)c(Cl)c2)cc1. The molecule has 1 N–H and O–H groups in total. The van der Waals surface area contributed by atoms with Crippen molar-refractivity contribution in [2.45, 2.75) is 11.8 Å². The summed E-state index contributed by atoms with van der Waals surface area (Å²) in [6.07, 6.45) is 5.03. The summed E-state index contributed by atoms with van der Waals surface area (Å²) in [5, 5.41) is 0.423. The van der Waals surface area contributed by atoms with Gasteiger partial charge in [0.15, 0.2) is 0 Å². The van der Waals surface area contributed by atoms with E-state index < -0.39 is 10.0 Å². The minimum absolute atomic E-state index is 0.206. The highest BCUT2D eigenvalue weighted by molar-refractivity contribution is 7.92. The normalized spacial score (nSPS) is 11.4. The number of benzene rings is 2. The molecule has 2 aromatic carbocycles. The summed E-state index contributed by atoms with van der Waals surface area (Å²) in [6.45, 7) is 1.90. The van der Waals surface area contributed by atoms with Crippen molar-refractivity contribution in [2.75, 3.05) is 4.72 Å². The molecule has 0 aliphatic heterocycles. The minimum atomic E-state index is -3.64. The van der Waals surface area contributed by atoms with Crippen LogP contribution in [0, 0.1) is 6.92 Å². The summed E-state index contributed by atoms with van der Waals surface area (Å²) < 4.78 is 29.0. The van der Waals surface area contributed by atoms with Crippen LogP contribution in [-0.4, -0.2) is 18.0 Å². The van der Waals surface area contributed by atoms with Gasteiger partial charge in [-0.2, -0.15) is 0 Å². The molecule has 0 saturated heterocycles. The summed E-state index contributed by atoms with van der Waals surface area (Å²) in [6, 6.07) is 11.6. The van der Waals surface area contributed by atoms with Crippen LogP contribution in [0.5, 0.6) is 0 Å². The van der Waals surface area contributed by atoms with E-state index in [4.69, 9.17) is 11.6 Å². The fraction of sp³-hybridized carbons (Fsp3) is 0.0625. The summed E-state index contributed by atoms with van der Waals surface area (Å²) in [7, 11) is -3.64. The van der Waals surface area contributed by atoms with Gasteiger partial charge in [-0.1, -0.05) is 29.3 Å². The number of halogens is 1. The van der Waals surface area contributed by atoms with E-state index >= 15 is 0 Å². The maximum atomic E-state index is 12.4. The Balaban J connectivity index is 1.88. The van der Waals surface area contributed by atoms with Gasteiger partial charge in [-0.15, -0.1) is 0 Å². The zero-order chi connectivity index (χ0) is 16.4. The Hall–Kier alpha value is -2.31. The number of aryl methyl sites for hydroxylation is 1. The Labute approximate surface area is 139 Å². The number of rotatable bonds is 4. The van der Waals surface area contributed by atoms with Crippen molar-refractivity contribution in [2.24, 2.45) is 0 Å². The molecular formula is C16H14ClN3O2S. The smallest absolute Gasteiger partial charge is 0.261 e. The minimum Gasteiger partial charge on any atom is -0.305 e. The molecule has 118 valence electrons. The number of hydrogen-bond acceptors (Lipinski definition) is 3. The van der Waals surface area contributed by atoms with Crippen molar-refractivity contribution in [3.8, 4) is 5.69 Å². The molecule has 5 nitrogen and oxygen atoms in total. The number of hydrogen-bond donors (Lipinski definition) is 1. The van der Waals surface area contributed by atoms with Crippen molar-refractivity contribution < 1.29 is 8.42 Å². The molecule has 0 aliphatic rings. The fourth-order valence-corrected chi connectivity index (χ4v) is 3.44. The first-order chi connectivity index (χ1) is 11.0. The van der Waals surface area contributed by atoms with Crippen molar-refractivity contribution >= 4 is 27.3 Å². The van der Waals surface area contributed by atoms with Crippen LogP contribution in [0.2, 0.25) is 5.02 Å². The van der Waals surface area contributed by atoms with Gasteiger partial charge in [0.2, 0.25) is 0 Å². The Morgan fingerprint density at radius 3 is 2.48 bits per heavy atom. The van der Waals surface area contributed by atoms with E-state index in [9.17, 15) is 8.42 Å². The number of nitrogens with one attached hydrogen (secondary N) is 1. The van der Waals surface area contributed by atoms with E-state index in [1.807, 2.05) is 6.92 Å². The lowest BCUT2D eigenvalue weighted by molar-refractivity contribution is 0.601. The first kappa shape index (κ1) is 15.6. The Morgan fingerprint density at radius 1 is 1.13 bits per heavy atom. The van der Waals surface area contributed by atoms with Crippen molar-refractivity contribution in [1.29, 1.82) is 0 Å². The third kappa shape index (κ3) is 3.38. The van der Waals surface area contributed by atoms with Crippen LogP contribution in [0.1, 0.15) is 5.56 Å². The zero-order valence-corrected chi connectivity index (χ0v) is 13.8. The molecule has 0 atom stereocenters. The van der Waals surface area contributed by atoms with Crippen molar-refractivity contribution in [3.63, 3.8) is 0 Å². The number of imidazole rings is 1. The molecule has 0 saturated carbocycles. The van der Waals surface area contributed by atoms with E-state index in [1.165, 1.54) is 0 Å². The molecule has 3 rings (SSSR count). The van der Waals surface area contributed by atoms with E-state index in [1.54, 1.807) is 65.8 Å².